The topological polar surface area (TPSA) is 72.0 Å². The smallest absolute Gasteiger partial charge is 0.159 e. The van der Waals surface area contributed by atoms with Gasteiger partial charge >= 0.3 is 0 Å². The van der Waals surface area contributed by atoms with Crippen LogP contribution < -0.4 is 5.32 Å². The number of aromatic nitrogens is 2. The zero-order valence-electron chi connectivity index (χ0n) is 9.94. The van der Waals surface area contributed by atoms with Crippen LogP contribution in [-0.2, 0) is 21.1 Å². The molecule has 0 saturated heterocycles. The van der Waals surface area contributed by atoms with E-state index in [-0.39, 0.29) is 0 Å². The van der Waals surface area contributed by atoms with Crippen molar-refractivity contribution < 1.29 is 8.42 Å². The second-order valence-electron chi connectivity index (χ2n) is 4.06. The van der Waals surface area contributed by atoms with Crippen molar-refractivity contribution in [3.8, 4) is 0 Å². The molecule has 1 heterocycles. The Hall–Kier alpha value is -0.530. The van der Waals surface area contributed by atoms with Crippen molar-refractivity contribution >= 4 is 21.2 Å². The van der Waals surface area contributed by atoms with Gasteiger partial charge in [0.15, 0.2) is 9.84 Å². The summed E-state index contributed by atoms with van der Waals surface area (Å²) in [5, 5.41) is 12.4. The molecule has 7 heteroatoms. The van der Waals surface area contributed by atoms with E-state index in [1.165, 1.54) is 17.6 Å². The molecule has 92 valence electrons. The standard InChI is InChI=1S/C9H17N3O2S2/c1-5-10-6-7-11-12-8(15-7)9(2,3)16(4,13)14/h10H,5-6H2,1-4H3. The van der Waals surface area contributed by atoms with Crippen molar-refractivity contribution in [2.24, 2.45) is 0 Å². The van der Waals surface area contributed by atoms with Crippen LogP contribution in [0.3, 0.4) is 0 Å². The summed E-state index contributed by atoms with van der Waals surface area (Å²) in [6.45, 7) is 6.79. The van der Waals surface area contributed by atoms with Crippen LogP contribution in [0.2, 0.25) is 0 Å². The highest BCUT2D eigenvalue weighted by molar-refractivity contribution is 7.91. The first kappa shape index (κ1) is 13.5. The monoisotopic (exact) mass is 263 g/mol. The highest BCUT2D eigenvalue weighted by Crippen LogP contribution is 2.30. The van der Waals surface area contributed by atoms with Gasteiger partial charge in [-0.25, -0.2) is 8.42 Å². The van der Waals surface area contributed by atoms with Crippen LogP contribution in [0, 0.1) is 0 Å². The van der Waals surface area contributed by atoms with Gasteiger partial charge in [-0.2, -0.15) is 0 Å². The Balaban J connectivity index is 2.94. The lowest BCUT2D eigenvalue weighted by Crippen LogP contribution is -2.27. The van der Waals surface area contributed by atoms with E-state index in [1.807, 2.05) is 6.92 Å². The molecule has 0 spiro atoms. The van der Waals surface area contributed by atoms with Gasteiger partial charge in [0.05, 0.1) is 0 Å². The van der Waals surface area contributed by atoms with Crippen LogP contribution in [0.4, 0.5) is 0 Å². The van der Waals surface area contributed by atoms with Crippen molar-refractivity contribution in [2.75, 3.05) is 12.8 Å². The summed E-state index contributed by atoms with van der Waals surface area (Å²) in [5.74, 6) is 0. The summed E-state index contributed by atoms with van der Waals surface area (Å²) in [6, 6.07) is 0. The van der Waals surface area contributed by atoms with E-state index < -0.39 is 14.6 Å². The van der Waals surface area contributed by atoms with Gasteiger partial charge in [0.2, 0.25) is 0 Å². The molecule has 0 aliphatic carbocycles. The molecule has 0 aliphatic heterocycles. The molecule has 1 aromatic heterocycles. The number of rotatable bonds is 5. The third-order valence-electron chi connectivity index (χ3n) is 2.44. The average molecular weight is 263 g/mol. The highest BCUT2D eigenvalue weighted by atomic mass is 32.2. The van der Waals surface area contributed by atoms with Crippen molar-refractivity contribution in [1.29, 1.82) is 0 Å². The molecule has 0 aromatic carbocycles. The molecule has 0 unspecified atom stereocenters. The second-order valence-corrected chi connectivity index (χ2v) is 7.69. The maximum Gasteiger partial charge on any atom is 0.159 e. The van der Waals surface area contributed by atoms with E-state index in [4.69, 9.17) is 0 Å². The summed E-state index contributed by atoms with van der Waals surface area (Å²) in [5.41, 5.74) is 0. The van der Waals surface area contributed by atoms with E-state index >= 15 is 0 Å². The third kappa shape index (κ3) is 2.78. The van der Waals surface area contributed by atoms with Crippen LogP contribution in [0.25, 0.3) is 0 Å². The van der Waals surface area contributed by atoms with Gasteiger partial charge in [-0.05, 0) is 20.4 Å². The number of nitrogens with zero attached hydrogens (tertiary/aromatic N) is 2. The molecule has 0 saturated carbocycles. The van der Waals surface area contributed by atoms with Crippen molar-refractivity contribution in [3.63, 3.8) is 0 Å². The van der Waals surface area contributed by atoms with Crippen LogP contribution in [0.5, 0.6) is 0 Å². The van der Waals surface area contributed by atoms with E-state index in [1.54, 1.807) is 13.8 Å². The first-order valence-corrected chi connectivity index (χ1v) is 7.73. The van der Waals surface area contributed by atoms with Gasteiger partial charge in [0.25, 0.3) is 0 Å². The fourth-order valence-corrected chi connectivity index (χ4v) is 2.70. The number of nitrogens with one attached hydrogen (secondary N) is 1. The number of hydrogen-bond donors (Lipinski definition) is 1. The molecule has 0 atom stereocenters. The molecule has 0 fully saturated rings. The van der Waals surface area contributed by atoms with E-state index in [9.17, 15) is 8.42 Å². The molecule has 16 heavy (non-hydrogen) atoms. The quantitative estimate of drug-likeness (QED) is 0.855. The average Bonchev–Trinajstić information content (AvgIpc) is 2.61. The van der Waals surface area contributed by atoms with Crippen LogP contribution >= 0.6 is 11.3 Å². The summed E-state index contributed by atoms with van der Waals surface area (Å²) in [6.07, 6.45) is 1.22. The Kier molecular flexibility index (Phi) is 4.03. The lowest BCUT2D eigenvalue weighted by Gasteiger charge is -2.18. The van der Waals surface area contributed by atoms with Crippen molar-refractivity contribution in [2.45, 2.75) is 32.1 Å². The summed E-state index contributed by atoms with van der Waals surface area (Å²) in [7, 11) is -3.18. The van der Waals surface area contributed by atoms with Crippen LogP contribution in [-0.4, -0.2) is 31.4 Å². The first-order valence-electron chi connectivity index (χ1n) is 5.02. The molecule has 1 rings (SSSR count). The van der Waals surface area contributed by atoms with Gasteiger partial charge in [-0.1, -0.05) is 18.3 Å². The van der Waals surface area contributed by atoms with Gasteiger partial charge in [0, 0.05) is 12.8 Å². The fourth-order valence-electron chi connectivity index (χ4n) is 0.959. The van der Waals surface area contributed by atoms with Gasteiger partial charge < -0.3 is 5.32 Å². The minimum atomic E-state index is -3.18. The normalized spacial score (nSPS) is 13.0. The number of hydrogen-bond acceptors (Lipinski definition) is 6. The molecule has 0 bridgehead atoms. The molecule has 0 aliphatic rings. The van der Waals surface area contributed by atoms with Crippen molar-refractivity contribution in [1.82, 2.24) is 15.5 Å². The Labute approximate surface area is 100 Å². The molecule has 1 aromatic rings. The van der Waals surface area contributed by atoms with Gasteiger partial charge in [0.1, 0.15) is 14.8 Å². The largest absolute Gasteiger partial charge is 0.311 e. The highest BCUT2D eigenvalue weighted by Gasteiger charge is 2.35. The maximum absolute atomic E-state index is 11.6. The fraction of sp³-hybridized carbons (Fsp3) is 0.778. The minimum absolute atomic E-state index is 0.544. The zero-order valence-corrected chi connectivity index (χ0v) is 11.6. The number of sulfone groups is 1. The van der Waals surface area contributed by atoms with Crippen LogP contribution in [0.15, 0.2) is 0 Å². The lowest BCUT2D eigenvalue weighted by atomic mass is 10.2. The van der Waals surface area contributed by atoms with E-state index in [0.717, 1.165) is 11.6 Å². The van der Waals surface area contributed by atoms with Crippen LogP contribution in [0.1, 0.15) is 30.8 Å². The Bertz CT molecular complexity index is 451. The minimum Gasteiger partial charge on any atom is -0.311 e. The first-order chi connectivity index (χ1) is 7.29. The van der Waals surface area contributed by atoms with Gasteiger partial charge in [-0.3, -0.25) is 0 Å². The summed E-state index contributed by atoms with van der Waals surface area (Å²) < 4.78 is 22.2. The molecular formula is C9H17N3O2S2. The Morgan fingerprint density at radius 2 is 2.00 bits per heavy atom. The molecule has 0 amide bonds. The molecule has 5 nitrogen and oxygen atoms in total. The predicted octanol–water partition coefficient (Wildman–Crippen LogP) is 0.927. The van der Waals surface area contributed by atoms with Gasteiger partial charge in [-0.15, -0.1) is 10.2 Å². The molecular weight excluding hydrogens is 246 g/mol. The maximum atomic E-state index is 11.6. The van der Waals surface area contributed by atoms with Crippen molar-refractivity contribution in [3.05, 3.63) is 10.0 Å². The molecule has 0 radical (unpaired) electrons. The van der Waals surface area contributed by atoms with E-state index in [2.05, 4.69) is 15.5 Å². The summed E-state index contributed by atoms with van der Waals surface area (Å²) in [4.78, 5) is 0. The Morgan fingerprint density at radius 3 is 2.50 bits per heavy atom. The second kappa shape index (κ2) is 4.77. The Morgan fingerprint density at radius 1 is 1.38 bits per heavy atom. The third-order valence-corrected chi connectivity index (χ3v) is 5.86. The zero-order chi connectivity index (χ0) is 12.4. The molecule has 1 N–H and O–H groups in total. The predicted molar refractivity (Wildman–Crippen MR) is 65.2 cm³/mol. The SMILES string of the molecule is CCNCc1nnc(C(C)(C)S(C)(=O)=O)s1. The van der Waals surface area contributed by atoms with E-state index in [0.29, 0.717) is 11.6 Å². The lowest BCUT2D eigenvalue weighted by molar-refractivity contribution is 0.558. The summed E-state index contributed by atoms with van der Waals surface area (Å²) >= 11 is 1.34.